The molecule has 0 heterocycles. The van der Waals surface area contributed by atoms with Gasteiger partial charge in [0.2, 0.25) is 5.91 Å². The smallest absolute Gasteiger partial charge is 0.310 e. The molecule has 0 aromatic carbocycles. The number of amides is 1. The molecule has 0 fully saturated rings. The molecule has 0 unspecified atom stereocenters. The summed E-state index contributed by atoms with van der Waals surface area (Å²) in [5, 5.41) is 10.6. The molecule has 0 aliphatic carbocycles. The maximum Gasteiger partial charge on any atom is 0.310 e. The van der Waals surface area contributed by atoms with Crippen molar-refractivity contribution in [2.24, 2.45) is 0 Å². The molecule has 0 aromatic heterocycles. The van der Waals surface area contributed by atoms with Crippen LogP contribution < -0.4 is 5.32 Å². The minimum absolute atomic E-state index is 0. The Morgan fingerprint density at radius 3 is 2.23 bits per heavy atom. The number of ketones is 1. The maximum atomic E-state index is 10.7. The van der Waals surface area contributed by atoms with Crippen LogP contribution in [-0.4, -0.2) is 29.3 Å². The molecule has 0 atom stereocenters. The summed E-state index contributed by atoms with van der Waals surface area (Å²) >= 11 is 0. The van der Waals surface area contributed by atoms with Crippen LogP contribution in [0.4, 0.5) is 0 Å². The van der Waals surface area contributed by atoms with E-state index in [1.54, 1.807) is 0 Å². The van der Waals surface area contributed by atoms with Crippen LogP contribution in [0, 0.1) is 0 Å². The SMILES string of the molecule is C.CC(=O)NCCC(=O)CC(=O)O. The van der Waals surface area contributed by atoms with Crippen LogP contribution in [0.2, 0.25) is 0 Å². The van der Waals surface area contributed by atoms with Gasteiger partial charge in [-0.25, -0.2) is 0 Å². The molecule has 0 aliphatic heterocycles. The van der Waals surface area contributed by atoms with E-state index >= 15 is 0 Å². The van der Waals surface area contributed by atoms with Crippen LogP contribution >= 0.6 is 0 Å². The lowest BCUT2D eigenvalue weighted by atomic mass is 10.2. The Morgan fingerprint density at radius 2 is 1.85 bits per heavy atom. The van der Waals surface area contributed by atoms with Crippen LogP contribution in [-0.2, 0) is 14.4 Å². The normalized spacial score (nSPS) is 8.38. The highest BCUT2D eigenvalue weighted by Gasteiger charge is 2.06. The Bertz CT molecular complexity index is 200. The van der Waals surface area contributed by atoms with E-state index in [1.165, 1.54) is 6.92 Å². The zero-order valence-electron chi connectivity index (χ0n) is 6.79. The van der Waals surface area contributed by atoms with Gasteiger partial charge in [-0.15, -0.1) is 0 Å². The minimum atomic E-state index is -1.14. The number of hydrogen-bond donors (Lipinski definition) is 2. The quantitative estimate of drug-likeness (QED) is 0.605. The van der Waals surface area contributed by atoms with Crippen molar-refractivity contribution >= 4 is 17.7 Å². The fourth-order valence-corrected chi connectivity index (χ4v) is 0.635. The molecule has 0 bridgehead atoms. The standard InChI is InChI=1S/C7H11NO4.CH4/c1-5(9)8-3-2-6(10)4-7(11)12;/h2-4H2,1H3,(H,8,9)(H,11,12);1H4. The number of Topliss-reactive ketones (excluding diaryl/α,β-unsaturated/α-hetero) is 1. The zero-order chi connectivity index (χ0) is 9.56. The van der Waals surface area contributed by atoms with Gasteiger partial charge in [0, 0.05) is 19.9 Å². The molecule has 0 aliphatic rings. The van der Waals surface area contributed by atoms with Crippen molar-refractivity contribution in [2.75, 3.05) is 6.54 Å². The predicted molar refractivity (Wildman–Crippen MR) is 47.3 cm³/mol. The van der Waals surface area contributed by atoms with Gasteiger partial charge in [-0.2, -0.15) is 0 Å². The van der Waals surface area contributed by atoms with Crippen molar-refractivity contribution in [2.45, 2.75) is 27.2 Å². The van der Waals surface area contributed by atoms with E-state index < -0.39 is 12.4 Å². The summed E-state index contributed by atoms with van der Waals surface area (Å²) in [5.74, 6) is -1.74. The van der Waals surface area contributed by atoms with Crippen molar-refractivity contribution in [1.82, 2.24) is 5.32 Å². The van der Waals surface area contributed by atoms with Gasteiger partial charge < -0.3 is 10.4 Å². The molecule has 76 valence electrons. The minimum Gasteiger partial charge on any atom is -0.481 e. The first-order valence-electron chi connectivity index (χ1n) is 3.50. The third-order valence-corrected chi connectivity index (χ3v) is 1.13. The van der Waals surface area contributed by atoms with Gasteiger partial charge in [0.15, 0.2) is 0 Å². The first-order chi connectivity index (χ1) is 5.52. The van der Waals surface area contributed by atoms with E-state index in [-0.39, 0.29) is 32.1 Å². The average Bonchev–Trinajstić information content (AvgIpc) is 1.84. The lowest BCUT2D eigenvalue weighted by molar-refractivity contribution is -0.140. The topological polar surface area (TPSA) is 83.5 Å². The molecule has 0 rings (SSSR count). The van der Waals surface area contributed by atoms with Crippen LogP contribution in [0.5, 0.6) is 0 Å². The molecule has 0 spiro atoms. The van der Waals surface area contributed by atoms with Crippen LogP contribution in [0.3, 0.4) is 0 Å². The Balaban J connectivity index is 0. The molecule has 13 heavy (non-hydrogen) atoms. The highest BCUT2D eigenvalue weighted by Crippen LogP contribution is 1.88. The number of carbonyl (C=O) groups is 3. The Morgan fingerprint density at radius 1 is 1.31 bits per heavy atom. The number of carboxylic acids is 1. The highest BCUT2D eigenvalue weighted by atomic mass is 16.4. The van der Waals surface area contributed by atoms with Gasteiger partial charge in [-0.3, -0.25) is 14.4 Å². The molecule has 0 saturated heterocycles. The summed E-state index contributed by atoms with van der Waals surface area (Å²) in [6.45, 7) is 1.54. The Hall–Kier alpha value is -1.39. The summed E-state index contributed by atoms with van der Waals surface area (Å²) in [4.78, 5) is 31.0. The predicted octanol–water partition coefficient (Wildman–Crippen LogP) is 0.192. The van der Waals surface area contributed by atoms with Gasteiger partial charge >= 0.3 is 5.97 Å². The Labute approximate surface area is 77.1 Å². The number of carbonyl (C=O) groups excluding carboxylic acids is 2. The number of aliphatic carboxylic acids is 1. The third-order valence-electron chi connectivity index (χ3n) is 1.13. The molecule has 5 nitrogen and oxygen atoms in total. The second kappa shape index (κ2) is 7.27. The number of carboxylic acid groups (broad SMARTS) is 1. The van der Waals surface area contributed by atoms with E-state index in [0.717, 1.165) is 0 Å². The molecular formula is C8H15NO4. The average molecular weight is 189 g/mol. The second-order valence-corrected chi connectivity index (χ2v) is 2.34. The molecule has 5 heteroatoms. The number of rotatable bonds is 5. The van der Waals surface area contributed by atoms with Gasteiger partial charge in [0.1, 0.15) is 12.2 Å². The van der Waals surface area contributed by atoms with Crippen molar-refractivity contribution in [1.29, 1.82) is 0 Å². The van der Waals surface area contributed by atoms with Gasteiger partial charge in [-0.1, -0.05) is 7.43 Å². The fourth-order valence-electron chi connectivity index (χ4n) is 0.635. The first kappa shape index (κ1) is 14.2. The third kappa shape index (κ3) is 10.6. The first-order valence-corrected chi connectivity index (χ1v) is 3.50. The number of hydrogen-bond acceptors (Lipinski definition) is 3. The highest BCUT2D eigenvalue weighted by molar-refractivity contribution is 5.94. The van der Waals surface area contributed by atoms with E-state index in [9.17, 15) is 14.4 Å². The van der Waals surface area contributed by atoms with Crippen LogP contribution in [0.1, 0.15) is 27.2 Å². The zero-order valence-corrected chi connectivity index (χ0v) is 6.79. The van der Waals surface area contributed by atoms with Crippen LogP contribution in [0.25, 0.3) is 0 Å². The summed E-state index contributed by atoms with van der Waals surface area (Å²) in [6.07, 6.45) is -0.397. The van der Waals surface area contributed by atoms with E-state index in [0.29, 0.717) is 0 Å². The van der Waals surface area contributed by atoms with Crippen molar-refractivity contribution in [3.63, 3.8) is 0 Å². The lowest BCUT2D eigenvalue weighted by Crippen LogP contribution is -2.23. The molecule has 0 aromatic rings. The largest absolute Gasteiger partial charge is 0.481 e. The lowest BCUT2D eigenvalue weighted by Gasteiger charge is -1.98. The van der Waals surface area contributed by atoms with Gasteiger partial charge in [0.25, 0.3) is 0 Å². The molecule has 2 N–H and O–H groups in total. The van der Waals surface area contributed by atoms with Gasteiger partial charge in [0.05, 0.1) is 0 Å². The maximum absolute atomic E-state index is 10.7. The summed E-state index contributed by atoms with van der Waals surface area (Å²) in [7, 11) is 0. The van der Waals surface area contributed by atoms with E-state index in [1.807, 2.05) is 0 Å². The van der Waals surface area contributed by atoms with Crippen molar-refractivity contribution < 1.29 is 19.5 Å². The van der Waals surface area contributed by atoms with Crippen molar-refractivity contribution in [3.05, 3.63) is 0 Å². The molecule has 0 saturated carbocycles. The number of nitrogens with one attached hydrogen (secondary N) is 1. The molecule has 0 radical (unpaired) electrons. The fraction of sp³-hybridized carbons (Fsp3) is 0.625. The Kier molecular flexibility index (Phi) is 7.91. The second-order valence-electron chi connectivity index (χ2n) is 2.34. The monoisotopic (exact) mass is 189 g/mol. The summed E-state index contributed by atoms with van der Waals surface area (Å²) in [5.41, 5.74) is 0. The van der Waals surface area contributed by atoms with E-state index in [2.05, 4.69) is 5.32 Å². The van der Waals surface area contributed by atoms with E-state index in [4.69, 9.17) is 5.11 Å². The van der Waals surface area contributed by atoms with Crippen molar-refractivity contribution in [3.8, 4) is 0 Å². The molecular weight excluding hydrogens is 174 g/mol. The summed E-state index contributed by atoms with van der Waals surface area (Å²) < 4.78 is 0. The summed E-state index contributed by atoms with van der Waals surface area (Å²) in [6, 6.07) is 0. The van der Waals surface area contributed by atoms with Gasteiger partial charge in [-0.05, 0) is 0 Å². The van der Waals surface area contributed by atoms with Crippen LogP contribution in [0.15, 0.2) is 0 Å². The molecule has 1 amide bonds.